The van der Waals surface area contributed by atoms with Crippen molar-refractivity contribution in [2.75, 3.05) is 7.11 Å². The summed E-state index contributed by atoms with van der Waals surface area (Å²) >= 11 is 0. The third kappa shape index (κ3) is 3.39. The molecule has 1 unspecified atom stereocenters. The van der Waals surface area contributed by atoms with E-state index in [2.05, 4.69) is 5.32 Å². The second kappa shape index (κ2) is 6.25. The molecule has 5 nitrogen and oxygen atoms in total. The number of benzene rings is 1. The van der Waals surface area contributed by atoms with Gasteiger partial charge >= 0.3 is 5.97 Å². The number of hydrogen-bond donors (Lipinski definition) is 2. The number of ether oxygens (including phenoxy) is 1. The first-order valence-electron chi connectivity index (χ1n) is 6.29. The first-order chi connectivity index (χ1) is 9.60. The molecule has 2 aromatic rings. The maximum atomic E-state index is 10.8. The van der Waals surface area contributed by atoms with E-state index in [0.717, 1.165) is 11.3 Å². The summed E-state index contributed by atoms with van der Waals surface area (Å²) in [6.45, 7) is 2.56. The second-order valence-corrected chi connectivity index (χ2v) is 4.46. The Morgan fingerprint density at radius 3 is 2.85 bits per heavy atom. The molecule has 2 N–H and O–H groups in total. The largest absolute Gasteiger partial charge is 0.497 e. The smallest absolute Gasteiger partial charge is 0.371 e. The van der Waals surface area contributed by atoms with E-state index >= 15 is 0 Å². The van der Waals surface area contributed by atoms with E-state index < -0.39 is 5.97 Å². The summed E-state index contributed by atoms with van der Waals surface area (Å²) in [5, 5.41) is 12.1. The molecule has 0 fully saturated rings. The number of carboxylic acid groups (broad SMARTS) is 1. The highest BCUT2D eigenvalue weighted by Gasteiger charge is 2.13. The zero-order valence-electron chi connectivity index (χ0n) is 11.4. The summed E-state index contributed by atoms with van der Waals surface area (Å²) in [6, 6.07) is 10.8. The van der Waals surface area contributed by atoms with E-state index in [1.807, 2.05) is 31.2 Å². The summed E-state index contributed by atoms with van der Waals surface area (Å²) in [5.41, 5.74) is 1.08. The Hall–Kier alpha value is -2.27. The SMILES string of the molecule is COc1cccc(CNC(C)c2ccc(C(=O)O)o2)c1. The van der Waals surface area contributed by atoms with Crippen molar-refractivity contribution in [1.82, 2.24) is 5.32 Å². The number of rotatable bonds is 6. The quantitative estimate of drug-likeness (QED) is 0.848. The van der Waals surface area contributed by atoms with Gasteiger partial charge in [0.25, 0.3) is 0 Å². The molecular weight excluding hydrogens is 258 g/mol. The van der Waals surface area contributed by atoms with Crippen LogP contribution in [0.1, 0.15) is 34.8 Å². The van der Waals surface area contributed by atoms with Crippen LogP contribution in [0.5, 0.6) is 5.75 Å². The number of nitrogens with one attached hydrogen (secondary N) is 1. The lowest BCUT2D eigenvalue weighted by Gasteiger charge is -2.12. The van der Waals surface area contributed by atoms with Crippen molar-refractivity contribution in [3.8, 4) is 5.75 Å². The predicted octanol–water partition coefficient (Wildman–Crippen LogP) is 2.84. The Morgan fingerprint density at radius 2 is 2.20 bits per heavy atom. The van der Waals surface area contributed by atoms with Crippen LogP contribution in [-0.2, 0) is 6.54 Å². The molecule has 0 saturated carbocycles. The highest BCUT2D eigenvalue weighted by Crippen LogP contribution is 2.18. The van der Waals surface area contributed by atoms with E-state index in [1.54, 1.807) is 13.2 Å². The van der Waals surface area contributed by atoms with Crippen molar-refractivity contribution in [2.45, 2.75) is 19.5 Å². The standard InChI is InChI=1S/C15H17NO4/c1-10(13-6-7-14(20-13)15(17)18)16-9-11-4-3-5-12(8-11)19-2/h3-8,10,16H,9H2,1-2H3,(H,17,18). The van der Waals surface area contributed by atoms with Crippen molar-refractivity contribution < 1.29 is 19.1 Å². The molecule has 106 valence electrons. The van der Waals surface area contributed by atoms with Crippen molar-refractivity contribution in [1.29, 1.82) is 0 Å². The van der Waals surface area contributed by atoms with E-state index in [9.17, 15) is 4.79 Å². The van der Waals surface area contributed by atoms with Gasteiger partial charge in [0.2, 0.25) is 5.76 Å². The van der Waals surface area contributed by atoms with Gasteiger partial charge in [0.1, 0.15) is 11.5 Å². The molecule has 0 spiro atoms. The monoisotopic (exact) mass is 275 g/mol. The third-order valence-electron chi connectivity index (χ3n) is 3.01. The molecule has 0 aliphatic carbocycles. The lowest BCUT2D eigenvalue weighted by atomic mass is 10.2. The summed E-state index contributed by atoms with van der Waals surface area (Å²) in [7, 11) is 1.63. The van der Waals surface area contributed by atoms with Crippen molar-refractivity contribution in [3.63, 3.8) is 0 Å². The number of aromatic carboxylic acids is 1. The predicted molar refractivity (Wildman–Crippen MR) is 73.9 cm³/mol. The zero-order valence-corrected chi connectivity index (χ0v) is 11.4. The van der Waals surface area contributed by atoms with Gasteiger partial charge in [0.05, 0.1) is 13.2 Å². The van der Waals surface area contributed by atoms with Gasteiger partial charge in [-0.05, 0) is 36.8 Å². The lowest BCUT2D eigenvalue weighted by molar-refractivity contribution is 0.0659. The number of methoxy groups -OCH3 is 1. The zero-order chi connectivity index (χ0) is 14.5. The van der Waals surface area contributed by atoms with E-state index in [1.165, 1.54) is 6.07 Å². The maximum absolute atomic E-state index is 10.8. The minimum Gasteiger partial charge on any atom is -0.497 e. The Labute approximate surface area is 117 Å². The lowest BCUT2D eigenvalue weighted by Crippen LogP contribution is -2.17. The molecule has 2 rings (SSSR count). The van der Waals surface area contributed by atoms with Crippen LogP contribution in [0, 0.1) is 0 Å². The minimum absolute atomic E-state index is 0.0463. The van der Waals surface area contributed by atoms with Crippen LogP contribution in [-0.4, -0.2) is 18.2 Å². The molecule has 0 amide bonds. The van der Waals surface area contributed by atoms with Gasteiger partial charge in [-0.1, -0.05) is 12.1 Å². The van der Waals surface area contributed by atoms with Crippen LogP contribution in [0.2, 0.25) is 0 Å². The fourth-order valence-corrected chi connectivity index (χ4v) is 1.85. The first-order valence-corrected chi connectivity index (χ1v) is 6.29. The fourth-order valence-electron chi connectivity index (χ4n) is 1.85. The molecule has 0 aliphatic heterocycles. The van der Waals surface area contributed by atoms with Crippen LogP contribution in [0.25, 0.3) is 0 Å². The summed E-state index contributed by atoms with van der Waals surface area (Å²) in [5.74, 6) is 0.305. The number of carbonyl (C=O) groups is 1. The molecule has 5 heteroatoms. The molecule has 0 aliphatic rings. The second-order valence-electron chi connectivity index (χ2n) is 4.46. The molecule has 1 aromatic carbocycles. The van der Waals surface area contributed by atoms with Crippen LogP contribution in [0.3, 0.4) is 0 Å². The Bertz CT molecular complexity index is 591. The normalized spacial score (nSPS) is 12.1. The molecule has 1 aromatic heterocycles. The van der Waals surface area contributed by atoms with Crippen molar-refractivity contribution in [2.24, 2.45) is 0 Å². The summed E-state index contributed by atoms with van der Waals surface area (Å²) in [6.07, 6.45) is 0. The fraction of sp³-hybridized carbons (Fsp3) is 0.267. The maximum Gasteiger partial charge on any atom is 0.371 e. The van der Waals surface area contributed by atoms with Crippen LogP contribution in [0.4, 0.5) is 0 Å². The molecule has 0 radical (unpaired) electrons. The van der Waals surface area contributed by atoms with Crippen LogP contribution < -0.4 is 10.1 Å². The average molecular weight is 275 g/mol. The van der Waals surface area contributed by atoms with E-state index in [0.29, 0.717) is 12.3 Å². The van der Waals surface area contributed by atoms with Gasteiger partial charge in [-0.15, -0.1) is 0 Å². The van der Waals surface area contributed by atoms with Crippen LogP contribution in [0.15, 0.2) is 40.8 Å². The van der Waals surface area contributed by atoms with Gasteiger partial charge in [0, 0.05) is 6.54 Å². The van der Waals surface area contributed by atoms with Crippen molar-refractivity contribution in [3.05, 3.63) is 53.5 Å². The summed E-state index contributed by atoms with van der Waals surface area (Å²) in [4.78, 5) is 10.8. The molecule has 20 heavy (non-hydrogen) atoms. The topological polar surface area (TPSA) is 71.7 Å². The van der Waals surface area contributed by atoms with E-state index in [-0.39, 0.29) is 11.8 Å². The Morgan fingerprint density at radius 1 is 1.40 bits per heavy atom. The van der Waals surface area contributed by atoms with Gasteiger partial charge in [-0.3, -0.25) is 0 Å². The molecule has 1 heterocycles. The summed E-state index contributed by atoms with van der Waals surface area (Å²) < 4.78 is 10.4. The minimum atomic E-state index is -1.06. The first kappa shape index (κ1) is 14.1. The van der Waals surface area contributed by atoms with Gasteiger partial charge < -0.3 is 19.6 Å². The Balaban J connectivity index is 1.96. The number of carboxylic acids is 1. The molecule has 0 saturated heterocycles. The Kier molecular flexibility index (Phi) is 4.42. The van der Waals surface area contributed by atoms with Gasteiger partial charge in [-0.2, -0.15) is 0 Å². The molecule has 1 atom stereocenters. The van der Waals surface area contributed by atoms with Gasteiger partial charge in [-0.25, -0.2) is 4.79 Å². The molecule has 0 bridgehead atoms. The van der Waals surface area contributed by atoms with Crippen LogP contribution >= 0.6 is 0 Å². The highest BCUT2D eigenvalue weighted by molar-refractivity contribution is 5.84. The average Bonchev–Trinajstić information content (AvgIpc) is 2.95. The van der Waals surface area contributed by atoms with Crippen molar-refractivity contribution >= 4 is 5.97 Å². The number of furan rings is 1. The van der Waals surface area contributed by atoms with Gasteiger partial charge in [0.15, 0.2) is 0 Å². The molecular formula is C15H17NO4. The van der Waals surface area contributed by atoms with E-state index in [4.69, 9.17) is 14.3 Å². The number of hydrogen-bond acceptors (Lipinski definition) is 4. The third-order valence-corrected chi connectivity index (χ3v) is 3.01. The highest BCUT2D eigenvalue weighted by atomic mass is 16.5.